The van der Waals surface area contributed by atoms with Gasteiger partial charge in [0.15, 0.2) is 0 Å². The first kappa shape index (κ1) is 16.8. The summed E-state index contributed by atoms with van der Waals surface area (Å²) in [6, 6.07) is 8.45. The van der Waals surface area contributed by atoms with Crippen molar-refractivity contribution in [2.75, 3.05) is 0 Å². The number of benzene rings is 1. The van der Waals surface area contributed by atoms with Gasteiger partial charge < -0.3 is 4.57 Å². The van der Waals surface area contributed by atoms with E-state index in [1.807, 2.05) is 13.8 Å². The molecular weight excluding hydrogens is 218 g/mol. The summed E-state index contributed by atoms with van der Waals surface area (Å²) < 4.78 is 2.16. The minimum Gasteiger partial charge on any atom is -0.350 e. The molecule has 0 radical (unpaired) electrons. The Labute approximate surface area is 113 Å². The largest absolute Gasteiger partial charge is 0.350 e. The number of hydrogen-bond donors (Lipinski definition) is 0. The van der Waals surface area contributed by atoms with E-state index in [-0.39, 0.29) is 0 Å². The van der Waals surface area contributed by atoms with E-state index in [0.29, 0.717) is 0 Å². The average molecular weight is 247 g/mol. The molecule has 2 rings (SSSR count). The maximum atomic E-state index is 2.22. The summed E-state index contributed by atoms with van der Waals surface area (Å²) in [6.45, 7) is 12.8. The van der Waals surface area contributed by atoms with Crippen molar-refractivity contribution in [2.24, 2.45) is 13.0 Å². The van der Waals surface area contributed by atoms with Crippen LogP contribution in [-0.4, -0.2) is 4.57 Å². The van der Waals surface area contributed by atoms with Gasteiger partial charge in [0.2, 0.25) is 0 Å². The van der Waals surface area contributed by atoms with E-state index in [1.165, 1.54) is 22.9 Å². The van der Waals surface area contributed by atoms with Gasteiger partial charge in [-0.05, 0) is 24.5 Å². The number of nitrogens with zero attached hydrogens (tertiary/aromatic N) is 1. The standard InChI is InChI=1S/C10H11N.C5H12.C2H6/c1-8-7-11(2)10-6-4-3-5-9(8)10;1-4-5(2)3;1-2/h3-7H,1-2H3;5H,4H2,1-3H3;1-2H3. The lowest BCUT2D eigenvalue weighted by Crippen LogP contribution is -1.81. The molecule has 0 aliphatic rings. The van der Waals surface area contributed by atoms with Crippen LogP contribution in [0.3, 0.4) is 0 Å². The smallest absolute Gasteiger partial charge is 0.0480 e. The van der Waals surface area contributed by atoms with Crippen molar-refractivity contribution < 1.29 is 0 Å². The average Bonchev–Trinajstić information content (AvgIpc) is 2.69. The predicted molar refractivity (Wildman–Crippen MR) is 84.1 cm³/mol. The van der Waals surface area contributed by atoms with Crippen LogP contribution in [-0.2, 0) is 7.05 Å². The first-order chi connectivity index (χ1) is 8.56. The third kappa shape index (κ3) is 4.95. The minimum absolute atomic E-state index is 0.884. The van der Waals surface area contributed by atoms with Gasteiger partial charge in [0.05, 0.1) is 0 Å². The van der Waals surface area contributed by atoms with Crippen molar-refractivity contribution in [2.45, 2.75) is 48.0 Å². The van der Waals surface area contributed by atoms with E-state index in [0.717, 1.165) is 5.92 Å². The van der Waals surface area contributed by atoms with Crippen LogP contribution in [0.15, 0.2) is 30.5 Å². The van der Waals surface area contributed by atoms with Gasteiger partial charge in [0.25, 0.3) is 0 Å². The summed E-state index contributed by atoms with van der Waals surface area (Å²) in [6.07, 6.45) is 3.46. The number of aryl methyl sites for hydroxylation is 2. The number of para-hydroxylation sites is 1. The lowest BCUT2D eigenvalue weighted by Gasteiger charge is -1.92. The molecule has 0 spiro atoms. The Hall–Kier alpha value is -1.24. The van der Waals surface area contributed by atoms with E-state index in [2.05, 4.69) is 69.8 Å². The molecule has 1 aromatic heterocycles. The van der Waals surface area contributed by atoms with Gasteiger partial charge in [0.1, 0.15) is 0 Å². The number of fused-ring (bicyclic) bond motifs is 1. The van der Waals surface area contributed by atoms with Crippen LogP contribution in [0.1, 0.15) is 46.6 Å². The molecule has 1 aromatic carbocycles. The van der Waals surface area contributed by atoms with E-state index < -0.39 is 0 Å². The van der Waals surface area contributed by atoms with Gasteiger partial charge in [-0.2, -0.15) is 0 Å². The molecule has 0 saturated heterocycles. The first-order valence-electron chi connectivity index (χ1n) is 7.07. The Balaban J connectivity index is 0.000000354. The highest BCUT2D eigenvalue weighted by Gasteiger charge is 1.99. The van der Waals surface area contributed by atoms with Gasteiger partial charge in [-0.3, -0.25) is 0 Å². The van der Waals surface area contributed by atoms with Crippen LogP contribution in [0.25, 0.3) is 10.9 Å². The maximum Gasteiger partial charge on any atom is 0.0480 e. The highest BCUT2D eigenvalue weighted by Crippen LogP contribution is 2.18. The summed E-state index contributed by atoms with van der Waals surface area (Å²) in [7, 11) is 2.08. The Kier molecular flexibility index (Phi) is 8.19. The van der Waals surface area contributed by atoms with Gasteiger partial charge in [-0.15, -0.1) is 0 Å². The number of aromatic nitrogens is 1. The van der Waals surface area contributed by atoms with Crippen molar-refractivity contribution in [3.8, 4) is 0 Å². The Morgan fingerprint density at radius 2 is 1.61 bits per heavy atom. The van der Waals surface area contributed by atoms with Crippen molar-refractivity contribution in [1.29, 1.82) is 0 Å². The fourth-order valence-electron chi connectivity index (χ4n) is 1.54. The zero-order valence-corrected chi connectivity index (χ0v) is 13.1. The molecular formula is C17H29N. The lowest BCUT2D eigenvalue weighted by atomic mass is 10.2. The van der Waals surface area contributed by atoms with Gasteiger partial charge >= 0.3 is 0 Å². The molecule has 18 heavy (non-hydrogen) atoms. The Morgan fingerprint density at radius 3 is 2.06 bits per heavy atom. The van der Waals surface area contributed by atoms with Crippen LogP contribution in [0.4, 0.5) is 0 Å². The quantitative estimate of drug-likeness (QED) is 0.621. The normalized spacial score (nSPS) is 9.56. The molecule has 0 fully saturated rings. The molecule has 0 bridgehead atoms. The molecule has 0 aliphatic carbocycles. The van der Waals surface area contributed by atoms with Crippen LogP contribution >= 0.6 is 0 Å². The lowest BCUT2D eigenvalue weighted by molar-refractivity contribution is 0.626. The molecule has 1 heterocycles. The molecule has 0 N–H and O–H groups in total. The third-order valence-electron chi connectivity index (χ3n) is 2.91. The first-order valence-corrected chi connectivity index (χ1v) is 7.07. The van der Waals surface area contributed by atoms with E-state index >= 15 is 0 Å². The number of hydrogen-bond acceptors (Lipinski definition) is 0. The second kappa shape index (κ2) is 8.79. The third-order valence-corrected chi connectivity index (χ3v) is 2.91. The SMILES string of the molecule is CC.CCC(C)C.Cc1cn(C)c2ccccc12. The monoisotopic (exact) mass is 247 g/mol. The molecule has 102 valence electrons. The van der Waals surface area contributed by atoms with Gasteiger partial charge in [-0.1, -0.05) is 59.2 Å². The van der Waals surface area contributed by atoms with Crippen LogP contribution < -0.4 is 0 Å². The Bertz CT molecular complexity index is 402. The maximum absolute atomic E-state index is 2.22. The molecule has 1 nitrogen and oxygen atoms in total. The zero-order chi connectivity index (χ0) is 14.1. The van der Waals surface area contributed by atoms with Crippen LogP contribution in [0.2, 0.25) is 0 Å². The molecule has 0 amide bonds. The molecule has 0 atom stereocenters. The summed E-state index contributed by atoms with van der Waals surface area (Å²) in [5.74, 6) is 0.884. The molecule has 0 unspecified atom stereocenters. The predicted octanol–water partition coefficient (Wildman–Crippen LogP) is 5.57. The molecule has 1 heteroatoms. The van der Waals surface area contributed by atoms with E-state index in [4.69, 9.17) is 0 Å². The van der Waals surface area contributed by atoms with Crippen LogP contribution in [0, 0.1) is 12.8 Å². The zero-order valence-electron chi connectivity index (χ0n) is 13.1. The fourth-order valence-corrected chi connectivity index (χ4v) is 1.54. The van der Waals surface area contributed by atoms with E-state index in [9.17, 15) is 0 Å². The van der Waals surface area contributed by atoms with Crippen LogP contribution in [0.5, 0.6) is 0 Å². The second-order valence-electron chi connectivity index (χ2n) is 4.74. The fraction of sp³-hybridized carbons (Fsp3) is 0.529. The highest BCUT2D eigenvalue weighted by molar-refractivity contribution is 5.83. The molecule has 0 aliphatic heterocycles. The van der Waals surface area contributed by atoms with Crippen molar-refractivity contribution >= 4 is 10.9 Å². The van der Waals surface area contributed by atoms with Crippen molar-refractivity contribution in [1.82, 2.24) is 4.57 Å². The summed E-state index contributed by atoms with van der Waals surface area (Å²) >= 11 is 0. The molecule has 2 aromatic rings. The van der Waals surface area contributed by atoms with E-state index in [1.54, 1.807) is 0 Å². The Morgan fingerprint density at radius 1 is 1.11 bits per heavy atom. The van der Waals surface area contributed by atoms with Crippen molar-refractivity contribution in [3.63, 3.8) is 0 Å². The summed E-state index contributed by atoms with van der Waals surface area (Å²) in [5, 5.41) is 1.36. The number of rotatable bonds is 1. The minimum atomic E-state index is 0.884. The van der Waals surface area contributed by atoms with Crippen molar-refractivity contribution in [3.05, 3.63) is 36.0 Å². The topological polar surface area (TPSA) is 4.93 Å². The summed E-state index contributed by atoms with van der Waals surface area (Å²) in [4.78, 5) is 0. The molecule has 0 saturated carbocycles. The second-order valence-corrected chi connectivity index (χ2v) is 4.74. The highest BCUT2D eigenvalue weighted by atomic mass is 14.9. The van der Waals surface area contributed by atoms with Gasteiger partial charge in [0, 0.05) is 24.1 Å². The van der Waals surface area contributed by atoms with Gasteiger partial charge in [-0.25, -0.2) is 0 Å². The summed E-state index contributed by atoms with van der Waals surface area (Å²) in [5.41, 5.74) is 2.66.